The number of nitrogens with zero attached hydrogens (tertiary/aromatic N) is 1. The molecule has 2 bridgehead atoms. The van der Waals surface area contributed by atoms with Crippen molar-refractivity contribution in [2.24, 2.45) is 11.8 Å². The Balaban J connectivity index is 1.66. The van der Waals surface area contributed by atoms with Gasteiger partial charge in [-0.1, -0.05) is 71.7 Å². The van der Waals surface area contributed by atoms with E-state index in [-0.39, 0.29) is 22.5 Å². The van der Waals surface area contributed by atoms with Crippen LogP contribution in [0, 0.1) is 11.8 Å². The molecule has 0 spiro atoms. The molecule has 2 unspecified atom stereocenters. The fraction of sp³-hybridized carbons (Fsp3) is 0.160. The molecule has 6 heteroatoms. The van der Waals surface area contributed by atoms with Crippen LogP contribution in [0.1, 0.15) is 28.2 Å². The van der Waals surface area contributed by atoms with E-state index < -0.39 is 23.2 Å². The summed E-state index contributed by atoms with van der Waals surface area (Å²) in [5, 5.41) is 0.627. The Kier molecular flexibility index (Phi) is 3.81. The Bertz CT molecular complexity index is 1270. The Labute approximate surface area is 188 Å². The van der Waals surface area contributed by atoms with E-state index in [4.69, 9.17) is 23.2 Å². The topological polar surface area (TPSA) is 54.5 Å². The zero-order chi connectivity index (χ0) is 21.5. The summed E-state index contributed by atoms with van der Waals surface area (Å²) in [4.78, 5) is 41.6. The van der Waals surface area contributed by atoms with Gasteiger partial charge in [-0.2, -0.15) is 0 Å². The van der Waals surface area contributed by atoms with Crippen LogP contribution in [0.2, 0.25) is 10.0 Å². The summed E-state index contributed by atoms with van der Waals surface area (Å²) in [5.74, 6) is -2.58. The lowest BCUT2D eigenvalue weighted by Crippen LogP contribution is -2.54. The first-order valence-corrected chi connectivity index (χ1v) is 10.7. The third-order valence-corrected chi connectivity index (χ3v) is 7.57. The predicted molar refractivity (Wildman–Crippen MR) is 118 cm³/mol. The molecule has 3 aliphatic carbocycles. The van der Waals surface area contributed by atoms with E-state index in [0.717, 1.165) is 33.4 Å². The van der Waals surface area contributed by atoms with E-state index >= 15 is 0 Å². The van der Waals surface area contributed by atoms with Gasteiger partial charge in [-0.25, -0.2) is 4.90 Å². The summed E-state index contributed by atoms with van der Waals surface area (Å²) in [6.07, 6.45) is 0.853. The molecule has 1 heterocycles. The lowest BCUT2D eigenvalue weighted by molar-refractivity contribution is -0.128. The van der Waals surface area contributed by atoms with Gasteiger partial charge < -0.3 is 4.79 Å². The van der Waals surface area contributed by atoms with Gasteiger partial charge in [0, 0.05) is 10.9 Å². The SMILES string of the molecule is O=CC12c3ccccc3C(c3ccccc31)C1C(=O)N(c3cc(Cl)ccc3Cl)C(=O)C12. The molecule has 1 fully saturated rings. The molecular weight excluding hydrogens is 433 g/mol. The van der Waals surface area contributed by atoms with Crippen LogP contribution in [0.4, 0.5) is 5.69 Å². The molecule has 4 nitrogen and oxygen atoms in total. The molecule has 1 saturated heterocycles. The number of rotatable bonds is 2. The van der Waals surface area contributed by atoms with Crippen LogP contribution >= 0.6 is 23.2 Å². The molecule has 3 aromatic carbocycles. The molecular formula is C25H15Cl2NO3. The van der Waals surface area contributed by atoms with Gasteiger partial charge in [-0.05, 0) is 40.5 Å². The van der Waals surface area contributed by atoms with Gasteiger partial charge in [0.2, 0.25) is 11.8 Å². The third kappa shape index (κ3) is 2.14. The van der Waals surface area contributed by atoms with E-state index in [1.54, 1.807) is 12.1 Å². The quantitative estimate of drug-likeness (QED) is 0.420. The van der Waals surface area contributed by atoms with E-state index in [1.807, 2.05) is 48.5 Å². The fourth-order valence-electron chi connectivity index (χ4n) is 5.93. The zero-order valence-corrected chi connectivity index (χ0v) is 17.6. The average Bonchev–Trinajstić information content (AvgIpc) is 3.06. The molecule has 31 heavy (non-hydrogen) atoms. The van der Waals surface area contributed by atoms with Gasteiger partial charge in [0.05, 0.1) is 28.0 Å². The van der Waals surface area contributed by atoms with E-state index in [0.29, 0.717) is 5.02 Å². The first kappa shape index (κ1) is 18.8. The third-order valence-electron chi connectivity index (χ3n) is 7.02. The minimum absolute atomic E-state index is 0.257. The van der Waals surface area contributed by atoms with Gasteiger partial charge in [0.25, 0.3) is 0 Å². The molecule has 152 valence electrons. The van der Waals surface area contributed by atoms with Crippen LogP contribution in [-0.2, 0) is 19.8 Å². The van der Waals surface area contributed by atoms with Crippen LogP contribution < -0.4 is 4.90 Å². The second-order valence-corrected chi connectivity index (χ2v) is 9.09. The molecule has 1 aliphatic heterocycles. The molecule has 2 amide bonds. The van der Waals surface area contributed by atoms with Gasteiger partial charge in [0.15, 0.2) is 0 Å². The van der Waals surface area contributed by atoms with Crippen LogP contribution in [-0.4, -0.2) is 18.1 Å². The number of aldehydes is 1. The number of carbonyl (C=O) groups excluding carboxylic acids is 3. The zero-order valence-electron chi connectivity index (χ0n) is 16.1. The maximum atomic E-state index is 13.8. The first-order chi connectivity index (χ1) is 15.0. The highest BCUT2D eigenvalue weighted by molar-refractivity contribution is 6.38. The van der Waals surface area contributed by atoms with Crippen LogP contribution in [0.25, 0.3) is 0 Å². The van der Waals surface area contributed by atoms with Crippen molar-refractivity contribution >= 4 is 47.0 Å². The molecule has 0 saturated carbocycles. The molecule has 0 aromatic heterocycles. The van der Waals surface area contributed by atoms with Crippen molar-refractivity contribution in [1.29, 1.82) is 0 Å². The van der Waals surface area contributed by atoms with E-state index in [1.165, 1.54) is 6.07 Å². The highest BCUT2D eigenvalue weighted by Crippen LogP contribution is 2.63. The highest BCUT2D eigenvalue weighted by atomic mass is 35.5. The smallest absolute Gasteiger partial charge is 0.239 e. The maximum absolute atomic E-state index is 13.8. The van der Waals surface area contributed by atoms with E-state index in [9.17, 15) is 14.4 Å². The normalized spacial score (nSPS) is 27.7. The molecule has 0 N–H and O–H groups in total. The maximum Gasteiger partial charge on any atom is 0.239 e. The number of halogens is 2. The lowest BCUT2D eigenvalue weighted by atomic mass is 9.48. The molecule has 4 aliphatic rings. The number of hydrogen-bond acceptors (Lipinski definition) is 3. The van der Waals surface area contributed by atoms with Gasteiger partial charge in [-0.3, -0.25) is 9.59 Å². The number of carbonyl (C=O) groups is 3. The van der Waals surface area contributed by atoms with Crippen molar-refractivity contribution in [3.05, 3.63) is 99.0 Å². The summed E-state index contributed by atoms with van der Waals surface area (Å²) in [6.45, 7) is 0. The minimum atomic E-state index is -1.22. The Morgan fingerprint density at radius 1 is 0.839 bits per heavy atom. The summed E-state index contributed by atoms with van der Waals surface area (Å²) in [6, 6.07) is 19.9. The van der Waals surface area contributed by atoms with Gasteiger partial charge in [-0.15, -0.1) is 0 Å². The second-order valence-electron chi connectivity index (χ2n) is 8.25. The summed E-state index contributed by atoms with van der Waals surface area (Å²) < 4.78 is 0. The standard InChI is InChI=1S/C25H15Cl2NO3/c26-13-9-10-18(27)19(11-13)28-23(30)21-20-14-5-1-3-7-16(14)25(12-29,22(21)24(28)31)17-8-4-2-6-15(17)20/h1-12,20-22H. The monoisotopic (exact) mass is 447 g/mol. The van der Waals surface area contributed by atoms with Gasteiger partial charge in [0.1, 0.15) is 6.29 Å². The number of anilines is 1. The number of benzene rings is 3. The van der Waals surface area contributed by atoms with Crippen molar-refractivity contribution in [1.82, 2.24) is 0 Å². The highest BCUT2D eigenvalue weighted by Gasteiger charge is 2.68. The minimum Gasteiger partial charge on any atom is -0.302 e. The van der Waals surface area contributed by atoms with Crippen molar-refractivity contribution in [3.8, 4) is 0 Å². The van der Waals surface area contributed by atoms with Crippen molar-refractivity contribution < 1.29 is 14.4 Å². The first-order valence-electron chi connectivity index (χ1n) is 9.98. The lowest BCUT2D eigenvalue weighted by Gasteiger charge is -2.51. The summed E-state index contributed by atoms with van der Waals surface area (Å²) >= 11 is 12.5. The van der Waals surface area contributed by atoms with Crippen molar-refractivity contribution in [3.63, 3.8) is 0 Å². The van der Waals surface area contributed by atoms with E-state index in [2.05, 4.69) is 0 Å². The largest absolute Gasteiger partial charge is 0.302 e. The average molecular weight is 448 g/mol. The van der Waals surface area contributed by atoms with Crippen molar-refractivity contribution in [2.45, 2.75) is 11.3 Å². The number of amides is 2. The summed E-state index contributed by atoms with van der Waals surface area (Å²) in [5.41, 5.74) is 2.49. The molecule has 7 rings (SSSR count). The van der Waals surface area contributed by atoms with Gasteiger partial charge >= 0.3 is 0 Å². The second kappa shape index (κ2) is 6.28. The Hall–Kier alpha value is -2.95. The molecule has 3 aromatic rings. The summed E-state index contributed by atoms with van der Waals surface area (Å²) in [7, 11) is 0. The fourth-order valence-corrected chi connectivity index (χ4v) is 6.29. The number of hydrogen-bond donors (Lipinski definition) is 0. The Morgan fingerprint density at radius 3 is 2.06 bits per heavy atom. The molecule has 0 radical (unpaired) electrons. The number of imide groups is 1. The predicted octanol–water partition coefficient (Wildman–Crippen LogP) is 4.74. The Morgan fingerprint density at radius 2 is 1.45 bits per heavy atom. The van der Waals surface area contributed by atoms with Crippen LogP contribution in [0.15, 0.2) is 66.7 Å². The van der Waals surface area contributed by atoms with Crippen LogP contribution in [0.3, 0.4) is 0 Å². The van der Waals surface area contributed by atoms with Crippen molar-refractivity contribution in [2.75, 3.05) is 4.90 Å². The molecule has 2 atom stereocenters. The van der Waals surface area contributed by atoms with Crippen LogP contribution in [0.5, 0.6) is 0 Å².